The molecule has 0 bridgehead atoms. The van der Waals surface area contributed by atoms with Gasteiger partial charge >= 0.3 is 0 Å². The first-order valence-electron chi connectivity index (χ1n) is 6.84. The van der Waals surface area contributed by atoms with E-state index in [0.29, 0.717) is 6.54 Å². The summed E-state index contributed by atoms with van der Waals surface area (Å²) in [6.45, 7) is 6.40. The monoisotopic (exact) mass is 271 g/mol. The van der Waals surface area contributed by atoms with Crippen LogP contribution in [0.3, 0.4) is 0 Å². The van der Waals surface area contributed by atoms with E-state index in [1.165, 1.54) is 0 Å². The Morgan fingerprint density at radius 3 is 2.75 bits per heavy atom. The third-order valence-corrected chi connectivity index (χ3v) is 2.83. The Labute approximate surface area is 120 Å². The van der Waals surface area contributed by atoms with Gasteiger partial charge in [0, 0.05) is 31.0 Å². The van der Waals surface area contributed by atoms with Crippen molar-refractivity contribution in [3.05, 3.63) is 47.7 Å². The Kier molecular flexibility index (Phi) is 5.01. The molecule has 0 saturated heterocycles. The summed E-state index contributed by atoms with van der Waals surface area (Å²) in [4.78, 5) is 15.5. The van der Waals surface area contributed by atoms with E-state index in [2.05, 4.69) is 32.1 Å². The number of anilines is 1. The molecule has 0 amide bonds. The Morgan fingerprint density at radius 2 is 2.05 bits per heavy atom. The maximum atomic E-state index is 4.52. The van der Waals surface area contributed by atoms with Crippen LogP contribution in [0.2, 0.25) is 0 Å². The first kappa shape index (κ1) is 14.4. The molecule has 0 atom stereocenters. The average Bonchev–Trinajstić information content (AvgIpc) is 2.39. The molecule has 2 heterocycles. The number of rotatable bonds is 6. The fourth-order valence-electron chi connectivity index (χ4n) is 2.04. The summed E-state index contributed by atoms with van der Waals surface area (Å²) in [6, 6.07) is 7.92. The molecule has 0 unspecified atom stereocenters. The van der Waals surface area contributed by atoms with Crippen molar-refractivity contribution in [2.75, 3.05) is 18.9 Å². The fourth-order valence-corrected chi connectivity index (χ4v) is 2.04. The van der Waals surface area contributed by atoms with E-state index >= 15 is 0 Å². The summed E-state index contributed by atoms with van der Waals surface area (Å²) in [7, 11) is 2.05. The molecule has 0 fully saturated rings. The fraction of sp³-hybridized carbons (Fsp3) is 0.400. The largest absolute Gasteiger partial charge is 0.370 e. The van der Waals surface area contributed by atoms with Crippen molar-refractivity contribution in [1.82, 2.24) is 19.9 Å². The third-order valence-electron chi connectivity index (χ3n) is 2.83. The van der Waals surface area contributed by atoms with Crippen molar-refractivity contribution in [1.29, 1.82) is 0 Å². The van der Waals surface area contributed by atoms with Gasteiger partial charge < -0.3 is 5.32 Å². The normalized spacial score (nSPS) is 10.8. The Balaban J connectivity index is 2.02. The number of nitrogens with one attached hydrogen (secondary N) is 1. The van der Waals surface area contributed by atoms with Crippen molar-refractivity contribution in [3.63, 3.8) is 0 Å². The second-order valence-electron chi connectivity index (χ2n) is 4.83. The lowest BCUT2D eigenvalue weighted by Crippen LogP contribution is -2.20. The van der Waals surface area contributed by atoms with Crippen LogP contribution in [0.5, 0.6) is 0 Å². The SMILES string of the molecule is CCNc1cc(C)nc(CN(C)Cc2ccccn2)n1. The van der Waals surface area contributed by atoms with E-state index in [1.807, 2.05) is 44.4 Å². The molecule has 2 rings (SSSR count). The lowest BCUT2D eigenvalue weighted by molar-refractivity contribution is 0.306. The molecular weight excluding hydrogens is 250 g/mol. The molecule has 5 heteroatoms. The highest BCUT2D eigenvalue weighted by Crippen LogP contribution is 2.08. The number of hydrogen-bond acceptors (Lipinski definition) is 5. The van der Waals surface area contributed by atoms with E-state index < -0.39 is 0 Å². The topological polar surface area (TPSA) is 53.9 Å². The minimum absolute atomic E-state index is 0.705. The summed E-state index contributed by atoms with van der Waals surface area (Å²) in [5.74, 6) is 1.72. The summed E-state index contributed by atoms with van der Waals surface area (Å²) >= 11 is 0. The first-order valence-corrected chi connectivity index (χ1v) is 6.84. The van der Waals surface area contributed by atoms with Crippen LogP contribution in [-0.4, -0.2) is 33.4 Å². The van der Waals surface area contributed by atoms with Crippen molar-refractivity contribution in [2.24, 2.45) is 0 Å². The predicted molar refractivity (Wildman–Crippen MR) is 80.3 cm³/mol. The van der Waals surface area contributed by atoms with Gasteiger partial charge in [0.2, 0.25) is 0 Å². The van der Waals surface area contributed by atoms with Gasteiger partial charge in [0.1, 0.15) is 11.6 Å². The van der Waals surface area contributed by atoms with Gasteiger partial charge in [0.25, 0.3) is 0 Å². The van der Waals surface area contributed by atoms with Crippen molar-refractivity contribution < 1.29 is 0 Å². The summed E-state index contributed by atoms with van der Waals surface area (Å²) in [5.41, 5.74) is 2.03. The quantitative estimate of drug-likeness (QED) is 0.873. The van der Waals surface area contributed by atoms with Crippen LogP contribution >= 0.6 is 0 Å². The van der Waals surface area contributed by atoms with Gasteiger partial charge in [-0.15, -0.1) is 0 Å². The maximum Gasteiger partial charge on any atom is 0.144 e. The van der Waals surface area contributed by atoms with Crippen molar-refractivity contribution in [2.45, 2.75) is 26.9 Å². The molecule has 0 saturated carbocycles. The Bertz CT molecular complexity index is 541. The predicted octanol–water partition coefficient (Wildman–Crippen LogP) is 2.24. The molecule has 0 aromatic carbocycles. The lowest BCUT2D eigenvalue weighted by Gasteiger charge is -2.16. The number of pyridine rings is 1. The zero-order chi connectivity index (χ0) is 14.4. The summed E-state index contributed by atoms with van der Waals surface area (Å²) in [5, 5.41) is 3.23. The zero-order valence-electron chi connectivity index (χ0n) is 12.3. The van der Waals surface area contributed by atoms with Crippen LogP contribution in [0.1, 0.15) is 24.1 Å². The smallest absolute Gasteiger partial charge is 0.144 e. The highest BCUT2D eigenvalue weighted by Gasteiger charge is 2.07. The van der Waals surface area contributed by atoms with Gasteiger partial charge in [-0.1, -0.05) is 6.07 Å². The van der Waals surface area contributed by atoms with E-state index in [0.717, 1.165) is 36.1 Å². The summed E-state index contributed by atoms with van der Waals surface area (Å²) in [6.07, 6.45) is 1.82. The molecule has 0 aliphatic carbocycles. The molecule has 0 radical (unpaired) electrons. The lowest BCUT2D eigenvalue weighted by atomic mass is 10.3. The number of nitrogens with zero attached hydrogens (tertiary/aromatic N) is 4. The van der Waals surface area contributed by atoms with Crippen molar-refractivity contribution in [3.8, 4) is 0 Å². The van der Waals surface area contributed by atoms with Crippen LogP contribution in [0.4, 0.5) is 5.82 Å². The van der Waals surface area contributed by atoms with Gasteiger partial charge in [-0.05, 0) is 33.0 Å². The second kappa shape index (κ2) is 6.96. The van der Waals surface area contributed by atoms with E-state index in [9.17, 15) is 0 Å². The molecular formula is C15H21N5. The molecule has 5 nitrogen and oxygen atoms in total. The highest BCUT2D eigenvalue weighted by atomic mass is 15.1. The molecule has 0 spiro atoms. The van der Waals surface area contributed by atoms with Crippen LogP contribution < -0.4 is 5.32 Å². The second-order valence-corrected chi connectivity index (χ2v) is 4.83. The maximum absolute atomic E-state index is 4.52. The van der Waals surface area contributed by atoms with Crippen molar-refractivity contribution >= 4 is 5.82 Å². The summed E-state index contributed by atoms with van der Waals surface area (Å²) < 4.78 is 0. The minimum Gasteiger partial charge on any atom is -0.370 e. The van der Waals surface area contributed by atoms with Crippen LogP contribution in [0.25, 0.3) is 0 Å². The Hall–Kier alpha value is -2.01. The Morgan fingerprint density at radius 1 is 1.20 bits per heavy atom. The molecule has 1 N–H and O–H groups in total. The average molecular weight is 271 g/mol. The van der Waals surface area contributed by atoms with Gasteiger partial charge in [0.15, 0.2) is 0 Å². The standard InChI is InChI=1S/C15H21N5/c1-4-16-14-9-12(2)18-15(19-14)11-20(3)10-13-7-5-6-8-17-13/h5-9H,4,10-11H2,1-3H3,(H,16,18,19). The van der Waals surface area contributed by atoms with E-state index in [-0.39, 0.29) is 0 Å². The first-order chi connectivity index (χ1) is 9.67. The van der Waals surface area contributed by atoms with E-state index in [4.69, 9.17) is 0 Å². The van der Waals surface area contributed by atoms with E-state index in [1.54, 1.807) is 0 Å². The number of aryl methyl sites for hydroxylation is 1. The van der Waals surface area contributed by atoms with Crippen LogP contribution in [-0.2, 0) is 13.1 Å². The third kappa shape index (κ3) is 4.28. The molecule has 0 aliphatic rings. The van der Waals surface area contributed by atoms with Gasteiger partial charge in [0.05, 0.1) is 12.2 Å². The van der Waals surface area contributed by atoms with Gasteiger partial charge in [-0.25, -0.2) is 9.97 Å². The van der Waals surface area contributed by atoms with Crippen LogP contribution in [0.15, 0.2) is 30.5 Å². The molecule has 0 aliphatic heterocycles. The van der Waals surface area contributed by atoms with Gasteiger partial charge in [-0.3, -0.25) is 9.88 Å². The number of hydrogen-bond donors (Lipinski definition) is 1. The molecule has 20 heavy (non-hydrogen) atoms. The molecule has 106 valence electrons. The van der Waals surface area contributed by atoms with Crippen LogP contribution in [0, 0.1) is 6.92 Å². The molecule has 2 aromatic rings. The highest BCUT2D eigenvalue weighted by molar-refractivity contribution is 5.35. The number of aromatic nitrogens is 3. The molecule has 2 aromatic heterocycles. The zero-order valence-corrected chi connectivity index (χ0v) is 12.3. The van der Waals surface area contributed by atoms with Gasteiger partial charge in [-0.2, -0.15) is 0 Å². The minimum atomic E-state index is 0.705.